The number of hydrazone groups is 1. The van der Waals surface area contributed by atoms with E-state index >= 15 is 0 Å². The van der Waals surface area contributed by atoms with Crippen LogP contribution in [0.2, 0.25) is 0 Å². The average Bonchev–Trinajstić information content (AvgIpc) is 2.53. The molecule has 0 radical (unpaired) electrons. The maximum absolute atomic E-state index is 4.32. The van der Waals surface area contributed by atoms with Gasteiger partial charge < -0.3 is 4.90 Å². The fraction of sp³-hybridized carbons (Fsp3) is 0.294. The molecule has 0 amide bonds. The van der Waals surface area contributed by atoms with Gasteiger partial charge in [-0.15, -0.1) is 0 Å². The van der Waals surface area contributed by atoms with Crippen LogP contribution in [0.15, 0.2) is 59.8 Å². The number of likely N-dealkylation sites (tertiary alicyclic amines) is 1. The van der Waals surface area contributed by atoms with Crippen LogP contribution >= 0.6 is 0 Å². The van der Waals surface area contributed by atoms with Gasteiger partial charge in [-0.2, -0.15) is 5.10 Å². The number of nitrogens with zero attached hydrogens (tertiary/aromatic N) is 3. The van der Waals surface area contributed by atoms with Gasteiger partial charge in [0.1, 0.15) is 0 Å². The second-order valence-corrected chi connectivity index (χ2v) is 5.29. The highest BCUT2D eigenvalue weighted by Crippen LogP contribution is 2.30. The van der Waals surface area contributed by atoms with Crippen LogP contribution in [0, 0.1) is 0 Å². The number of rotatable bonds is 2. The molecule has 0 atom stereocenters. The fourth-order valence-electron chi connectivity index (χ4n) is 2.79. The van der Waals surface area contributed by atoms with Gasteiger partial charge in [0.15, 0.2) is 0 Å². The summed E-state index contributed by atoms with van der Waals surface area (Å²) in [4.78, 5) is 6.61. The molecule has 1 fully saturated rings. The van der Waals surface area contributed by atoms with Crippen molar-refractivity contribution in [2.24, 2.45) is 5.10 Å². The predicted octanol–water partition coefficient (Wildman–Crippen LogP) is 2.94. The molecule has 1 N–H and O–H groups in total. The number of hydrogen-bond donors (Lipinski definition) is 1. The molecular formula is C17H20N4. The molecule has 0 spiro atoms. The van der Waals surface area contributed by atoms with Crippen LogP contribution in [0.25, 0.3) is 5.57 Å². The second-order valence-electron chi connectivity index (χ2n) is 5.29. The lowest BCUT2D eigenvalue weighted by atomic mass is 9.96. The van der Waals surface area contributed by atoms with E-state index in [4.69, 9.17) is 0 Å². The molecule has 0 unspecified atom stereocenters. The summed E-state index contributed by atoms with van der Waals surface area (Å²) < 4.78 is 0. The van der Waals surface area contributed by atoms with Gasteiger partial charge in [0.2, 0.25) is 0 Å². The molecule has 1 aromatic heterocycles. The molecule has 1 aromatic rings. The van der Waals surface area contributed by atoms with Crippen LogP contribution in [0.3, 0.4) is 0 Å². The van der Waals surface area contributed by atoms with Crippen LogP contribution in [0.5, 0.6) is 0 Å². The van der Waals surface area contributed by atoms with Crippen molar-refractivity contribution in [3.05, 3.63) is 60.2 Å². The molecule has 0 bridgehead atoms. The maximum atomic E-state index is 4.32. The monoisotopic (exact) mass is 280 g/mol. The molecule has 4 heteroatoms. The zero-order valence-corrected chi connectivity index (χ0v) is 12.1. The Bertz CT molecular complexity index is 592. The van der Waals surface area contributed by atoms with Crippen molar-refractivity contribution in [3.63, 3.8) is 0 Å². The van der Waals surface area contributed by atoms with Gasteiger partial charge in [-0.3, -0.25) is 10.4 Å². The molecule has 2 aliphatic heterocycles. The molecule has 1 saturated heterocycles. The van der Waals surface area contributed by atoms with Gasteiger partial charge >= 0.3 is 0 Å². The van der Waals surface area contributed by atoms with Gasteiger partial charge in [-0.25, -0.2) is 0 Å². The summed E-state index contributed by atoms with van der Waals surface area (Å²) in [5, 5.41) is 4.17. The largest absolute Gasteiger partial charge is 0.371 e. The summed E-state index contributed by atoms with van der Waals surface area (Å²) >= 11 is 0. The zero-order chi connectivity index (χ0) is 14.5. The van der Waals surface area contributed by atoms with E-state index < -0.39 is 0 Å². The third kappa shape index (κ3) is 3.05. The van der Waals surface area contributed by atoms with Gasteiger partial charge in [0.25, 0.3) is 0 Å². The van der Waals surface area contributed by atoms with Crippen LogP contribution < -0.4 is 5.43 Å². The first kappa shape index (κ1) is 13.6. The summed E-state index contributed by atoms with van der Waals surface area (Å²) in [6, 6.07) is 3.99. The van der Waals surface area contributed by atoms with Gasteiger partial charge in [-0.1, -0.05) is 12.6 Å². The average molecular weight is 280 g/mol. The standard InChI is InChI=1S/C17H20N4/c1-14-16(15-6-5-8-18-12-15)13-20-19-9-7-17(14)21-10-3-2-4-11-21/h5-9,12-13,20H,1-4,10-11H2/b16-13+,17-7+,19-9-. The highest BCUT2D eigenvalue weighted by atomic mass is 15.3. The van der Waals surface area contributed by atoms with Crippen molar-refractivity contribution in [1.29, 1.82) is 0 Å². The SMILES string of the molecule is C=C1/C(c2cccnc2)=C\N/N=C\C=C/1N1CCCCC1. The number of piperidine rings is 1. The van der Waals surface area contributed by atoms with Crippen LogP contribution in [0.4, 0.5) is 0 Å². The highest BCUT2D eigenvalue weighted by Gasteiger charge is 2.19. The molecule has 4 nitrogen and oxygen atoms in total. The molecule has 0 aliphatic carbocycles. The first-order chi connectivity index (χ1) is 10.4. The number of hydrogen-bond acceptors (Lipinski definition) is 4. The van der Waals surface area contributed by atoms with E-state index in [2.05, 4.69) is 27.0 Å². The van der Waals surface area contributed by atoms with E-state index in [1.54, 1.807) is 12.4 Å². The number of nitrogens with one attached hydrogen (secondary N) is 1. The molecule has 2 aliphatic rings. The number of pyridine rings is 1. The van der Waals surface area contributed by atoms with Crippen LogP contribution in [0.1, 0.15) is 24.8 Å². The molecule has 0 aromatic carbocycles. The van der Waals surface area contributed by atoms with Gasteiger partial charge in [0, 0.05) is 60.3 Å². The minimum absolute atomic E-state index is 1.02. The van der Waals surface area contributed by atoms with E-state index in [0.717, 1.165) is 35.5 Å². The third-order valence-corrected chi connectivity index (χ3v) is 3.89. The summed E-state index contributed by atoms with van der Waals surface area (Å²) in [7, 11) is 0. The van der Waals surface area contributed by atoms with E-state index in [1.165, 1.54) is 19.3 Å². The van der Waals surface area contributed by atoms with Crippen molar-refractivity contribution in [2.75, 3.05) is 13.1 Å². The Labute approximate surface area is 125 Å². The fourth-order valence-corrected chi connectivity index (χ4v) is 2.79. The summed E-state index contributed by atoms with van der Waals surface area (Å²) in [5.74, 6) is 0. The maximum Gasteiger partial charge on any atom is 0.0492 e. The molecule has 0 saturated carbocycles. The first-order valence-electron chi connectivity index (χ1n) is 7.40. The highest BCUT2D eigenvalue weighted by molar-refractivity contribution is 5.86. The Morgan fingerprint density at radius 2 is 2.05 bits per heavy atom. The Hall–Kier alpha value is -2.36. The van der Waals surface area contributed by atoms with Gasteiger partial charge in [0.05, 0.1) is 0 Å². The summed E-state index contributed by atoms with van der Waals surface area (Å²) in [6.45, 7) is 6.50. The summed E-state index contributed by atoms with van der Waals surface area (Å²) in [6.07, 6.45) is 13.2. The van der Waals surface area contributed by atoms with Gasteiger partial charge in [-0.05, 0) is 31.4 Å². The minimum atomic E-state index is 1.02. The van der Waals surface area contributed by atoms with Crippen LogP contribution in [-0.4, -0.2) is 29.2 Å². The first-order valence-corrected chi connectivity index (χ1v) is 7.40. The lowest BCUT2D eigenvalue weighted by Crippen LogP contribution is -2.30. The number of aromatic nitrogens is 1. The van der Waals surface area contributed by atoms with Crippen molar-refractivity contribution >= 4 is 11.8 Å². The second kappa shape index (κ2) is 6.39. The van der Waals surface area contributed by atoms with Crippen molar-refractivity contribution in [1.82, 2.24) is 15.3 Å². The molecule has 21 heavy (non-hydrogen) atoms. The van der Waals surface area contributed by atoms with Crippen molar-refractivity contribution in [2.45, 2.75) is 19.3 Å². The lowest BCUT2D eigenvalue weighted by molar-refractivity contribution is 0.291. The zero-order valence-electron chi connectivity index (χ0n) is 12.1. The molecule has 3 heterocycles. The van der Waals surface area contributed by atoms with Crippen molar-refractivity contribution < 1.29 is 0 Å². The smallest absolute Gasteiger partial charge is 0.0492 e. The predicted molar refractivity (Wildman–Crippen MR) is 86.5 cm³/mol. The summed E-state index contributed by atoms with van der Waals surface area (Å²) in [5.41, 5.74) is 7.21. The Morgan fingerprint density at radius 1 is 1.19 bits per heavy atom. The van der Waals surface area contributed by atoms with E-state index in [-0.39, 0.29) is 0 Å². The number of allylic oxidation sites excluding steroid dienone is 2. The van der Waals surface area contributed by atoms with E-state index in [1.807, 2.05) is 30.6 Å². The molecule has 108 valence electrons. The third-order valence-electron chi connectivity index (χ3n) is 3.89. The van der Waals surface area contributed by atoms with Crippen molar-refractivity contribution in [3.8, 4) is 0 Å². The Kier molecular flexibility index (Phi) is 4.15. The quantitative estimate of drug-likeness (QED) is 0.905. The minimum Gasteiger partial charge on any atom is -0.371 e. The topological polar surface area (TPSA) is 40.5 Å². The molecular weight excluding hydrogens is 260 g/mol. The van der Waals surface area contributed by atoms with E-state index in [9.17, 15) is 0 Å². The Balaban J connectivity index is 1.93. The molecule has 3 rings (SSSR count). The van der Waals surface area contributed by atoms with Crippen LogP contribution in [-0.2, 0) is 0 Å². The van der Waals surface area contributed by atoms with E-state index in [0.29, 0.717) is 0 Å². The normalized spacial score (nSPS) is 25.7. The lowest BCUT2D eigenvalue weighted by Gasteiger charge is -2.32. The Morgan fingerprint density at radius 3 is 2.81 bits per heavy atom.